The van der Waals surface area contributed by atoms with Crippen LogP contribution >= 0.6 is 15.9 Å². The van der Waals surface area contributed by atoms with Gasteiger partial charge in [0, 0.05) is 16.9 Å². The van der Waals surface area contributed by atoms with Crippen molar-refractivity contribution in [1.29, 1.82) is 0 Å². The van der Waals surface area contributed by atoms with E-state index in [0.717, 1.165) is 0 Å². The minimum Gasteiger partial charge on any atom is -0.349 e. The Kier molecular flexibility index (Phi) is 4.51. The molecule has 0 heterocycles. The maximum absolute atomic E-state index is 13.4. The normalized spacial score (nSPS) is 11.6. The van der Waals surface area contributed by atoms with Crippen LogP contribution in [0.3, 0.4) is 0 Å². The third-order valence-corrected chi connectivity index (χ3v) is 2.47. The summed E-state index contributed by atoms with van der Waals surface area (Å²) in [6.07, 6.45) is 5.53. The fourth-order valence-corrected chi connectivity index (χ4v) is 1.54. The van der Waals surface area contributed by atoms with Gasteiger partial charge in [-0.25, -0.2) is 4.39 Å². The van der Waals surface area contributed by atoms with E-state index in [9.17, 15) is 9.18 Å². The number of carbonyl (C=O) groups is 1. The number of benzene rings is 1. The minimum atomic E-state index is -0.556. The number of nitrogens with one attached hydrogen (secondary N) is 1. The number of amides is 1. The summed E-state index contributed by atoms with van der Waals surface area (Å²) in [5.41, 5.74) is 0.0204. The lowest BCUT2D eigenvalue weighted by Crippen LogP contribution is -2.32. The standard InChI is InChI=1S/C12H11BrFNO/c1-3-4-8(2)15-12(16)10-6-5-9(13)7-11(10)14/h1,5-8H,4H2,2H3,(H,15,16). The van der Waals surface area contributed by atoms with Crippen LogP contribution in [0.25, 0.3) is 0 Å². The average Bonchev–Trinajstić information content (AvgIpc) is 2.17. The Bertz CT molecular complexity index is 439. The Labute approximate surface area is 102 Å². The molecule has 1 unspecified atom stereocenters. The zero-order valence-electron chi connectivity index (χ0n) is 8.76. The lowest BCUT2D eigenvalue weighted by atomic mass is 10.1. The van der Waals surface area contributed by atoms with Crippen molar-refractivity contribution >= 4 is 21.8 Å². The lowest BCUT2D eigenvalue weighted by molar-refractivity contribution is 0.0937. The summed E-state index contributed by atoms with van der Waals surface area (Å²) in [4.78, 5) is 11.6. The molecular weight excluding hydrogens is 273 g/mol. The van der Waals surface area contributed by atoms with Gasteiger partial charge in [0.15, 0.2) is 0 Å². The van der Waals surface area contributed by atoms with Gasteiger partial charge in [-0.05, 0) is 25.1 Å². The Morgan fingerprint density at radius 1 is 1.69 bits per heavy atom. The van der Waals surface area contributed by atoms with E-state index in [1.165, 1.54) is 12.1 Å². The Morgan fingerprint density at radius 3 is 2.94 bits per heavy atom. The molecule has 1 aromatic rings. The second-order valence-electron chi connectivity index (χ2n) is 3.41. The molecule has 2 nitrogen and oxygen atoms in total. The predicted octanol–water partition coefficient (Wildman–Crippen LogP) is 2.73. The van der Waals surface area contributed by atoms with Crippen molar-refractivity contribution in [2.45, 2.75) is 19.4 Å². The summed E-state index contributed by atoms with van der Waals surface area (Å²) < 4.78 is 14.0. The molecule has 0 bridgehead atoms. The van der Waals surface area contributed by atoms with Gasteiger partial charge in [-0.2, -0.15) is 0 Å². The van der Waals surface area contributed by atoms with Gasteiger partial charge in [-0.1, -0.05) is 15.9 Å². The van der Waals surface area contributed by atoms with Gasteiger partial charge in [-0.3, -0.25) is 4.79 Å². The number of hydrogen-bond acceptors (Lipinski definition) is 1. The van der Waals surface area contributed by atoms with E-state index < -0.39 is 11.7 Å². The molecule has 1 rings (SSSR count). The van der Waals surface area contributed by atoms with Gasteiger partial charge in [0.25, 0.3) is 5.91 Å². The van der Waals surface area contributed by atoms with Crippen LogP contribution in [0.15, 0.2) is 22.7 Å². The van der Waals surface area contributed by atoms with Crippen molar-refractivity contribution in [2.75, 3.05) is 0 Å². The highest BCUT2D eigenvalue weighted by atomic mass is 79.9. The summed E-state index contributed by atoms with van der Waals surface area (Å²) >= 11 is 3.12. The number of halogens is 2. The van der Waals surface area contributed by atoms with Crippen LogP contribution in [0.1, 0.15) is 23.7 Å². The van der Waals surface area contributed by atoms with Crippen molar-refractivity contribution in [3.8, 4) is 12.3 Å². The fourth-order valence-electron chi connectivity index (χ4n) is 1.20. The second-order valence-corrected chi connectivity index (χ2v) is 4.32. The van der Waals surface area contributed by atoms with Crippen LogP contribution in [0, 0.1) is 18.2 Å². The molecule has 16 heavy (non-hydrogen) atoms. The molecule has 0 aromatic heterocycles. The van der Waals surface area contributed by atoms with E-state index in [1.54, 1.807) is 13.0 Å². The average molecular weight is 284 g/mol. The smallest absolute Gasteiger partial charge is 0.254 e. The molecule has 1 amide bonds. The van der Waals surface area contributed by atoms with E-state index in [0.29, 0.717) is 10.9 Å². The minimum absolute atomic E-state index is 0.0204. The molecule has 0 saturated carbocycles. The van der Waals surface area contributed by atoms with E-state index in [1.807, 2.05) is 0 Å². The Morgan fingerprint density at radius 2 is 2.38 bits per heavy atom. The van der Waals surface area contributed by atoms with Crippen LogP contribution in [-0.2, 0) is 0 Å². The van der Waals surface area contributed by atoms with Crippen molar-refractivity contribution in [2.24, 2.45) is 0 Å². The zero-order valence-corrected chi connectivity index (χ0v) is 10.3. The van der Waals surface area contributed by atoms with Gasteiger partial charge < -0.3 is 5.32 Å². The molecule has 0 aliphatic heterocycles. The molecule has 1 N–H and O–H groups in total. The Hall–Kier alpha value is -1.34. The SMILES string of the molecule is C#CCC(C)NC(=O)c1ccc(Br)cc1F. The molecule has 0 aliphatic carbocycles. The predicted molar refractivity (Wildman–Crippen MR) is 64.5 cm³/mol. The van der Waals surface area contributed by atoms with Crippen LogP contribution in [0.4, 0.5) is 4.39 Å². The molecule has 4 heteroatoms. The van der Waals surface area contributed by atoms with Crippen LogP contribution in [-0.4, -0.2) is 11.9 Å². The Balaban J connectivity index is 2.78. The van der Waals surface area contributed by atoms with Crippen molar-refractivity contribution in [3.63, 3.8) is 0 Å². The largest absolute Gasteiger partial charge is 0.349 e. The summed E-state index contributed by atoms with van der Waals surface area (Å²) in [5, 5.41) is 2.62. The van der Waals surface area contributed by atoms with E-state index in [2.05, 4.69) is 27.2 Å². The van der Waals surface area contributed by atoms with Gasteiger partial charge in [0.1, 0.15) is 5.82 Å². The van der Waals surface area contributed by atoms with E-state index >= 15 is 0 Å². The maximum Gasteiger partial charge on any atom is 0.254 e. The zero-order chi connectivity index (χ0) is 12.1. The fraction of sp³-hybridized carbons (Fsp3) is 0.250. The van der Waals surface area contributed by atoms with Gasteiger partial charge in [0.2, 0.25) is 0 Å². The molecule has 0 saturated heterocycles. The third kappa shape index (κ3) is 3.35. The van der Waals surface area contributed by atoms with E-state index in [4.69, 9.17) is 6.42 Å². The molecular formula is C12H11BrFNO. The van der Waals surface area contributed by atoms with Crippen molar-refractivity contribution in [3.05, 3.63) is 34.1 Å². The second kappa shape index (κ2) is 5.66. The van der Waals surface area contributed by atoms with Gasteiger partial charge >= 0.3 is 0 Å². The molecule has 1 aromatic carbocycles. The van der Waals surface area contributed by atoms with Crippen LogP contribution < -0.4 is 5.32 Å². The summed E-state index contributed by atoms with van der Waals surface area (Å²) in [6.45, 7) is 1.77. The highest BCUT2D eigenvalue weighted by molar-refractivity contribution is 9.10. The summed E-state index contributed by atoms with van der Waals surface area (Å²) in [6, 6.07) is 4.13. The first-order chi connectivity index (χ1) is 7.54. The van der Waals surface area contributed by atoms with Crippen molar-refractivity contribution in [1.82, 2.24) is 5.32 Å². The molecule has 0 spiro atoms. The first-order valence-electron chi connectivity index (χ1n) is 4.74. The number of terminal acetylenes is 1. The first kappa shape index (κ1) is 12.7. The molecule has 84 valence electrons. The number of hydrogen-bond donors (Lipinski definition) is 1. The molecule has 0 aliphatic rings. The van der Waals surface area contributed by atoms with Gasteiger partial charge in [0.05, 0.1) is 5.56 Å². The monoisotopic (exact) mass is 283 g/mol. The van der Waals surface area contributed by atoms with Crippen molar-refractivity contribution < 1.29 is 9.18 Å². The number of carbonyl (C=O) groups excluding carboxylic acids is 1. The van der Waals surface area contributed by atoms with Gasteiger partial charge in [-0.15, -0.1) is 12.3 Å². The van der Waals surface area contributed by atoms with Crippen LogP contribution in [0.5, 0.6) is 0 Å². The number of rotatable bonds is 3. The topological polar surface area (TPSA) is 29.1 Å². The highest BCUT2D eigenvalue weighted by Crippen LogP contribution is 2.15. The van der Waals surface area contributed by atoms with Crippen LogP contribution in [0.2, 0.25) is 0 Å². The third-order valence-electron chi connectivity index (χ3n) is 1.98. The molecule has 0 radical (unpaired) electrons. The summed E-state index contributed by atoms with van der Waals surface area (Å²) in [5.74, 6) is 1.43. The quantitative estimate of drug-likeness (QED) is 0.850. The maximum atomic E-state index is 13.4. The highest BCUT2D eigenvalue weighted by Gasteiger charge is 2.13. The lowest BCUT2D eigenvalue weighted by Gasteiger charge is -2.11. The van der Waals surface area contributed by atoms with E-state index in [-0.39, 0.29) is 11.6 Å². The summed E-state index contributed by atoms with van der Waals surface area (Å²) in [7, 11) is 0. The molecule has 0 fully saturated rings. The first-order valence-corrected chi connectivity index (χ1v) is 5.53. The molecule has 1 atom stereocenters.